The first kappa shape index (κ1) is 19.7. The number of aliphatic imine (C=N–C) groups is 1. The smallest absolute Gasteiger partial charge is 0.222 e. The van der Waals surface area contributed by atoms with Crippen molar-refractivity contribution in [3.05, 3.63) is 78.2 Å². The molecule has 9 nitrogen and oxygen atoms in total. The summed E-state index contributed by atoms with van der Waals surface area (Å²) in [5, 5.41) is 16.0. The number of hydrazine groups is 1. The molecule has 1 unspecified atom stereocenters. The largest absolute Gasteiger partial charge is 0.497 e. The highest BCUT2D eigenvalue weighted by Gasteiger charge is 2.24. The fourth-order valence-electron chi connectivity index (χ4n) is 3.56. The molecule has 32 heavy (non-hydrogen) atoms. The molecular formula is C23H22N8O. The molecule has 160 valence electrons. The third kappa shape index (κ3) is 3.87. The fourth-order valence-corrected chi connectivity index (χ4v) is 3.56. The molecule has 9 heteroatoms. The van der Waals surface area contributed by atoms with E-state index >= 15 is 0 Å². The lowest BCUT2D eigenvalue weighted by Crippen LogP contribution is -2.41. The maximum absolute atomic E-state index is 5.30. The summed E-state index contributed by atoms with van der Waals surface area (Å²) in [5.41, 5.74) is 8.12. The topological polar surface area (TPSA) is 104 Å². The lowest BCUT2D eigenvalue weighted by Gasteiger charge is -2.31. The quantitative estimate of drug-likeness (QED) is 0.656. The summed E-state index contributed by atoms with van der Waals surface area (Å²) in [5.74, 6) is 2.34. The zero-order valence-corrected chi connectivity index (χ0v) is 17.7. The minimum atomic E-state index is 0.204. The normalized spacial score (nSPS) is 19.0. The van der Waals surface area contributed by atoms with E-state index in [1.807, 2.05) is 24.3 Å². The molecule has 0 saturated carbocycles. The van der Waals surface area contributed by atoms with Gasteiger partial charge in [0.15, 0.2) is 0 Å². The van der Waals surface area contributed by atoms with Gasteiger partial charge in [0, 0.05) is 11.5 Å². The van der Waals surface area contributed by atoms with Gasteiger partial charge in [-0.1, -0.05) is 19.1 Å². The molecular weight excluding hydrogens is 404 g/mol. The van der Waals surface area contributed by atoms with Crippen LogP contribution in [0.4, 0.5) is 5.69 Å². The van der Waals surface area contributed by atoms with Gasteiger partial charge in [-0.05, 0) is 60.2 Å². The zero-order valence-electron chi connectivity index (χ0n) is 17.7. The van der Waals surface area contributed by atoms with Crippen molar-refractivity contribution in [2.75, 3.05) is 7.11 Å². The van der Waals surface area contributed by atoms with E-state index in [2.05, 4.69) is 79.4 Å². The molecule has 0 amide bonds. The average molecular weight is 426 g/mol. The standard InChI is InChI=1S/C23H22N8O/c1-15-6-10-18-4-3-5-21(16-7-11-19(32-2)12-8-16)31(18)28-22(15)25-17-9-13-20(24-14-17)23-26-29-30-27-23/h3-5,7-15H,6H2,1-2H3,(H,25,28)(H,26,27,29,30). The van der Waals surface area contributed by atoms with E-state index in [0.29, 0.717) is 11.5 Å². The number of rotatable bonds is 4. The Balaban J connectivity index is 1.43. The van der Waals surface area contributed by atoms with Crippen LogP contribution in [0.25, 0.3) is 17.2 Å². The molecule has 2 N–H and O–H groups in total. The van der Waals surface area contributed by atoms with Gasteiger partial charge < -0.3 is 4.74 Å². The zero-order chi connectivity index (χ0) is 21.9. The molecule has 0 spiro atoms. The Labute approximate surface area is 185 Å². The van der Waals surface area contributed by atoms with Crippen molar-refractivity contribution in [2.24, 2.45) is 10.9 Å². The molecule has 0 aliphatic carbocycles. The number of pyridine rings is 1. The summed E-state index contributed by atoms with van der Waals surface area (Å²) in [4.78, 5) is 9.28. The van der Waals surface area contributed by atoms with E-state index in [0.717, 1.165) is 40.7 Å². The van der Waals surface area contributed by atoms with Gasteiger partial charge in [-0.2, -0.15) is 5.21 Å². The van der Waals surface area contributed by atoms with Crippen molar-refractivity contribution < 1.29 is 4.74 Å². The molecule has 0 saturated heterocycles. The van der Waals surface area contributed by atoms with Crippen molar-refractivity contribution in [2.45, 2.75) is 13.3 Å². The number of hydrogen-bond acceptors (Lipinski definition) is 7. The minimum absolute atomic E-state index is 0.204. The SMILES string of the molecule is COc1ccc(C2=CC=CC3=CCC(C)C(=Nc4ccc(-c5nn[nH]n5)nc4)NN32)cc1. The van der Waals surface area contributed by atoms with Crippen LogP contribution in [-0.4, -0.2) is 43.6 Å². The number of fused-ring (bicyclic) bond motifs is 1. The van der Waals surface area contributed by atoms with Crippen molar-refractivity contribution in [3.8, 4) is 17.3 Å². The Kier molecular flexibility index (Phi) is 5.20. The van der Waals surface area contributed by atoms with Gasteiger partial charge in [0.25, 0.3) is 0 Å². The van der Waals surface area contributed by atoms with Crippen LogP contribution in [0, 0.1) is 5.92 Å². The van der Waals surface area contributed by atoms with Crippen LogP contribution >= 0.6 is 0 Å². The molecule has 3 aromatic rings. The number of methoxy groups -OCH3 is 1. The summed E-state index contributed by atoms with van der Waals surface area (Å²) in [6.45, 7) is 2.16. The van der Waals surface area contributed by atoms with Gasteiger partial charge in [-0.25, -0.2) is 4.99 Å². The summed E-state index contributed by atoms with van der Waals surface area (Å²) < 4.78 is 5.30. The number of aromatic amines is 1. The average Bonchev–Trinajstić information content (AvgIpc) is 3.33. The highest BCUT2D eigenvalue weighted by molar-refractivity contribution is 5.88. The number of H-pyrrole nitrogens is 1. The number of nitrogens with zero attached hydrogens (tertiary/aromatic N) is 6. The number of aromatic nitrogens is 5. The van der Waals surface area contributed by atoms with Crippen LogP contribution in [0.15, 0.2) is 77.6 Å². The van der Waals surface area contributed by atoms with E-state index in [1.54, 1.807) is 13.3 Å². The molecule has 0 radical (unpaired) electrons. The van der Waals surface area contributed by atoms with Crippen molar-refractivity contribution in [3.63, 3.8) is 0 Å². The summed E-state index contributed by atoms with van der Waals surface area (Å²) in [7, 11) is 1.67. The molecule has 1 aromatic carbocycles. The Morgan fingerprint density at radius 3 is 2.75 bits per heavy atom. The number of amidine groups is 1. The van der Waals surface area contributed by atoms with E-state index in [4.69, 9.17) is 9.73 Å². The number of ether oxygens (including phenoxy) is 1. The van der Waals surface area contributed by atoms with Crippen molar-refractivity contribution in [1.29, 1.82) is 0 Å². The Bertz CT molecular complexity index is 1210. The Morgan fingerprint density at radius 2 is 2.03 bits per heavy atom. The van der Waals surface area contributed by atoms with Crippen LogP contribution in [0.1, 0.15) is 18.9 Å². The van der Waals surface area contributed by atoms with Crippen LogP contribution in [0.5, 0.6) is 5.75 Å². The maximum atomic E-state index is 5.30. The Morgan fingerprint density at radius 1 is 1.16 bits per heavy atom. The monoisotopic (exact) mass is 426 g/mol. The fraction of sp³-hybridized carbons (Fsp3) is 0.174. The second-order valence-electron chi connectivity index (χ2n) is 7.49. The number of nitrogens with one attached hydrogen (secondary N) is 2. The second kappa shape index (κ2) is 8.46. The molecule has 4 heterocycles. The predicted octanol–water partition coefficient (Wildman–Crippen LogP) is 3.64. The van der Waals surface area contributed by atoms with Gasteiger partial charge in [0.1, 0.15) is 17.3 Å². The van der Waals surface area contributed by atoms with Crippen molar-refractivity contribution in [1.82, 2.24) is 36.0 Å². The number of benzene rings is 1. The number of tetrazole rings is 1. The van der Waals surface area contributed by atoms with Crippen LogP contribution in [0.3, 0.4) is 0 Å². The van der Waals surface area contributed by atoms with Gasteiger partial charge >= 0.3 is 0 Å². The first-order chi connectivity index (χ1) is 15.7. The highest BCUT2D eigenvalue weighted by atomic mass is 16.5. The molecule has 2 aromatic heterocycles. The summed E-state index contributed by atoms with van der Waals surface area (Å²) in [6, 6.07) is 11.8. The van der Waals surface area contributed by atoms with E-state index in [1.165, 1.54) is 0 Å². The molecule has 0 fully saturated rings. The van der Waals surface area contributed by atoms with Gasteiger partial charge in [0.2, 0.25) is 5.82 Å². The Hall–Kier alpha value is -4.27. The lowest BCUT2D eigenvalue weighted by molar-refractivity contribution is 0.414. The summed E-state index contributed by atoms with van der Waals surface area (Å²) >= 11 is 0. The first-order valence-corrected chi connectivity index (χ1v) is 10.3. The molecule has 1 atom stereocenters. The number of allylic oxidation sites excluding steroid dienone is 4. The van der Waals surface area contributed by atoms with Gasteiger partial charge in [-0.15, -0.1) is 10.2 Å². The van der Waals surface area contributed by atoms with E-state index in [-0.39, 0.29) is 5.92 Å². The first-order valence-electron chi connectivity index (χ1n) is 10.3. The summed E-state index contributed by atoms with van der Waals surface area (Å²) in [6.07, 6.45) is 11.1. The lowest BCUT2D eigenvalue weighted by atomic mass is 10.1. The maximum Gasteiger partial charge on any atom is 0.222 e. The molecule has 2 aliphatic heterocycles. The third-order valence-electron chi connectivity index (χ3n) is 5.35. The molecule has 2 aliphatic rings. The van der Waals surface area contributed by atoms with Crippen LogP contribution in [0.2, 0.25) is 0 Å². The van der Waals surface area contributed by atoms with E-state index < -0.39 is 0 Å². The van der Waals surface area contributed by atoms with Gasteiger partial charge in [-0.3, -0.25) is 15.4 Å². The van der Waals surface area contributed by atoms with E-state index in [9.17, 15) is 0 Å². The molecule has 5 rings (SSSR count). The third-order valence-corrected chi connectivity index (χ3v) is 5.35. The van der Waals surface area contributed by atoms with Gasteiger partial charge in [0.05, 0.1) is 30.4 Å². The van der Waals surface area contributed by atoms with Crippen LogP contribution in [-0.2, 0) is 0 Å². The van der Waals surface area contributed by atoms with Crippen LogP contribution < -0.4 is 10.2 Å². The highest BCUT2D eigenvalue weighted by Crippen LogP contribution is 2.30. The predicted molar refractivity (Wildman–Crippen MR) is 121 cm³/mol. The second-order valence-corrected chi connectivity index (χ2v) is 7.49. The minimum Gasteiger partial charge on any atom is -0.497 e. The molecule has 0 bridgehead atoms. The number of hydrogen-bond donors (Lipinski definition) is 2. The van der Waals surface area contributed by atoms with Crippen molar-refractivity contribution >= 4 is 17.2 Å².